The van der Waals surface area contributed by atoms with Gasteiger partial charge in [-0.25, -0.2) is 0 Å². The third-order valence-electron chi connectivity index (χ3n) is 2.47. The first-order chi connectivity index (χ1) is 5.29. The van der Waals surface area contributed by atoms with E-state index < -0.39 is 0 Å². The van der Waals surface area contributed by atoms with Gasteiger partial charge in [-0.1, -0.05) is 20.3 Å². The van der Waals surface area contributed by atoms with Crippen LogP contribution in [0.4, 0.5) is 0 Å². The molecule has 0 saturated carbocycles. The van der Waals surface area contributed by atoms with Gasteiger partial charge in [-0.2, -0.15) is 5.10 Å². The summed E-state index contributed by atoms with van der Waals surface area (Å²) >= 11 is 0. The van der Waals surface area contributed by atoms with Gasteiger partial charge in [-0.15, -0.1) is 0 Å². The molecule has 2 atom stereocenters. The van der Waals surface area contributed by atoms with Crippen molar-refractivity contribution in [3.8, 4) is 0 Å². The molecule has 2 heteroatoms. The van der Waals surface area contributed by atoms with E-state index in [0.717, 1.165) is 0 Å². The summed E-state index contributed by atoms with van der Waals surface area (Å²) in [6.45, 7) is 6.58. The van der Waals surface area contributed by atoms with E-state index in [1.54, 1.807) is 0 Å². The van der Waals surface area contributed by atoms with E-state index in [9.17, 15) is 0 Å². The molecule has 0 amide bonds. The molecule has 1 rings (SSSR count). The molecule has 0 aromatic carbocycles. The minimum Gasteiger partial charge on any atom is -0.306 e. The fourth-order valence-corrected chi connectivity index (χ4v) is 1.75. The Kier molecular flexibility index (Phi) is 2.92. The molecule has 1 N–H and O–H groups in total. The molecule has 2 nitrogen and oxygen atoms in total. The SMILES string of the molecule is CCCC1C(C)=NNC1CC. The maximum atomic E-state index is 4.26. The number of hydrogen-bond acceptors (Lipinski definition) is 2. The molecule has 11 heavy (non-hydrogen) atoms. The summed E-state index contributed by atoms with van der Waals surface area (Å²) in [4.78, 5) is 0. The molecule has 2 unspecified atom stereocenters. The van der Waals surface area contributed by atoms with Gasteiger partial charge < -0.3 is 5.43 Å². The highest BCUT2D eigenvalue weighted by atomic mass is 15.3. The monoisotopic (exact) mass is 154 g/mol. The highest BCUT2D eigenvalue weighted by Gasteiger charge is 2.25. The van der Waals surface area contributed by atoms with Crippen LogP contribution in [0, 0.1) is 5.92 Å². The van der Waals surface area contributed by atoms with Crippen LogP contribution in [-0.4, -0.2) is 11.8 Å². The molecule has 0 aromatic rings. The number of nitrogens with one attached hydrogen (secondary N) is 1. The van der Waals surface area contributed by atoms with Crippen molar-refractivity contribution in [1.29, 1.82) is 0 Å². The number of nitrogens with zero attached hydrogens (tertiary/aromatic N) is 1. The van der Waals surface area contributed by atoms with Crippen molar-refractivity contribution < 1.29 is 0 Å². The summed E-state index contributed by atoms with van der Waals surface area (Å²) in [7, 11) is 0. The fourth-order valence-electron chi connectivity index (χ4n) is 1.75. The van der Waals surface area contributed by atoms with Crippen molar-refractivity contribution in [2.24, 2.45) is 11.0 Å². The second kappa shape index (κ2) is 3.74. The van der Waals surface area contributed by atoms with Gasteiger partial charge in [-0.3, -0.25) is 0 Å². The van der Waals surface area contributed by atoms with Gasteiger partial charge >= 0.3 is 0 Å². The first-order valence-corrected chi connectivity index (χ1v) is 4.59. The maximum Gasteiger partial charge on any atom is 0.0518 e. The summed E-state index contributed by atoms with van der Waals surface area (Å²) in [6.07, 6.45) is 3.72. The van der Waals surface area contributed by atoms with E-state index in [1.165, 1.54) is 25.0 Å². The molecule has 0 aliphatic carbocycles. The lowest BCUT2D eigenvalue weighted by atomic mass is 9.91. The summed E-state index contributed by atoms with van der Waals surface area (Å²) in [6, 6.07) is 0.606. The molecule has 1 aliphatic rings. The van der Waals surface area contributed by atoms with Gasteiger partial charge in [0.2, 0.25) is 0 Å². The molecule has 64 valence electrons. The molecule has 1 aliphatic heterocycles. The number of hydrogen-bond donors (Lipinski definition) is 1. The minimum absolute atomic E-state index is 0.606. The van der Waals surface area contributed by atoms with Gasteiger partial charge in [0.1, 0.15) is 0 Å². The summed E-state index contributed by atoms with van der Waals surface area (Å²) in [5.74, 6) is 0.699. The minimum atomic E-state index is 0.606. The molecule has 0 radical (unpaired) electrons. The Labute approximate surface area is 69.1 Å². The average molecular weight is 154 g/mol. The number of hydrazone groups is 1. The van der Waals surface area contributed by atoms with Crippen LogP contribution in [0.1, 0.15) is 40.0 Å². The third kappa shape index (κ3) is 1.73. The van der Waals surface area contributed by atoms with Crippen molar-refractivity contribution in [3.63, 3.8) is 0 Å². The largest absolute Gasteiger partial charge is 0.306 e. The highest BCUT2D eigenvalue weighted by Crippen LogP contribution is 2.20. The van der Waals surface area contributed by atoms with Crippen LogP contribution in [0.5, 0.6) is 0 Å². The lowest BCUT2D eigenvalue weighted by Crippen LogP contribution is -2.27. The van der Waals surface area contributed by atoms with Crippen molar-refractivity contribution in [3.05, 3.63) is 0 Å². The lowest BCUT2D eigenvalue weighted by Gasteiger charge is -2.16. The van der Waals surface area contributed by atoms with Crippen molar-refractivity contribution >= 4 is 5.71 Å². The van der Waals surface area contributed by atoms with E-state index in [0.29, 0.717) is 12.0 Å². The van der Waals surface area contributed by atoms with Crippen LogP contribution in [0.3, 0.4) is 0 Å². The Bertz CT molecular complexity index is 152. The summed E-state index contributed by atoms with van der Waals surface area (Å²) in [5.41, 5.74) is 4.47. The molecule has 0 saturated heterocycles. The molecule has 0 fully saturated rings. The van der Waals surface area contributed by atoms with Crippen molar-refractivity contribution in [1.82, 2.24) is 5.43 Å². The molecule has 0 bridgehead atoms. The van der Waals surface area contributed by atoms with Crippen LogP contribution in [0.15, 0.2) is 5.10 Å². The standard InChI is InChI=1S/C9H18N2/c1-4-6-8-7(3)10-11-9(8)5-2/h8-9,11H,4-6H2,1-3H3. The Hall–Kier alpha value is -0.530. The zero-order valence-electron chi connectivity index (χ0n) is 7.72. The Morgan fingerprint density at radius 2 is 2.18 bits per heavy atom. The Balaban J connectivity index is 2.49. The quantitative estimate of drug-likeness (QED) is 0.662. The van der Waals surface area contributed by atoms with E-state index in [2.05, 4.69) is 31.3 Å². The molecular formula is C9H18N2. The predicted octanol–water partition coefficient (Wildman–Crippen LogP) is 2.16. The van der Waals surface area contributed by atoms with Gasteiger partial charge in [0.15, 0.2) is 0 Å². The van der Waals surface area contributed by atoms with Gasteiger partial charge in [0.25, 0.3) is 0 Å². The smallest absolute Gasteiger partial charge is 0.0518 e. The van der Waals surface area contributed by atoms with Crippen LogP contribution >= 0.6 is 0 Å². The normalized spacial score (nSPS) is 29.9. The van der Waals surface area contributed by atoms with Gasteiger partial charge in [0.05, 0.1) is 6.04 Å². The van der Waals surface area contributed by atoms with Crippen LogP contribution in [0.25, 0.3) is 0 Å². The first kappa shape index (κ1) is 8.57. The van der Waals surface area contributed by atoms with E-state index in [-0.39, 0.29) is 0 Å². The maximum absolute atomic E-state index is 4.26. The summed E-state index contributed by atoms with van der Waals surface area (Å²) in [5, 5.41) is 4.26. The van der Waals surface area contributed by atoms with Gasteiger partial charge in [-0.05, 0) is 19.8 Å². The van der Waals surface area contributed by atoms with Crippen molar-refractivity contribution in [2.75, 3.05) is 0 Å². The van der Waals surface area contributed by atoms with Crippen LogP contribution < -0.4 is 5.43 Å². The third-order valence-corrected chi connectivity index (χ3v) is 2.47. The number of rotatable bonds is 3. The molecular weight excluding hydrogens is 136 g/mol. The van der Waals surface area contributed by atoms with E-state index >= 15 is 0 Å². The second-order valence-corrected chi connectivity index (χ2v) is 3.29. The zero-order chi connectivity index (χ0) is 8.27. The fraction of sp³-hybridized carbons (Fsp3) is 0.889. The van der Waals surface area contributed by atoms with E-state index in [1.807, 2.05) is 0 Å². The topological polar surface area (TPSA) is 24.4 Å². The first-order valence-electron chi connectivity index (χ1n) is 4.59. The van der Waals surface area contributed by atoms with E-state index in [4.69, 9.17) is 0 Å². The second-order valence-electron chi connectivity index (χ2n) is 3.29. The molecule has 0 spiro atoms. The lowest BCUT2D eigenvalue weighted by molar-refractivity contribution is 0.439. The van der Waals surface area contributed by atoms with Crippen LogP contribution in [0.2, 0.25) is 0 Å². The zero-order valence-corrected chi connectivity index (χ0v) is 7.72. The van der Waals surface area contributed by atoms with Gasteiger partial charge in [0, 0.05) is 11.6 Å². The predicted molar refractivity (Wildman–Crippen MR) is 48.7 cm³/mol. The van der Waals surface area contributed by atoms with Crippen molar-refractivity contribution in [2.45, 2.75) is 46.1 Å². The highest BCUT2D eigenvalue weighted by molar-refractivity contribution is 5.86. The molecule has 1 heterocycles. The van der Waals surface area contributed by atoms with Crippen LogP contribution in [-0.2, 0) is 0 Å². The Morgan fingerprint density at radius 1 is 1.45 bits per heavy atom. The summed E-state index contributed by atoms with van der Waals surface area (Å²) < 4.78 is 0. The average Bonchev–Trinajstić information content (AvgIpc) is 2.34. The molecule has 0 aromatic heterocycles. The Morgan fingerprint density at radius 3 is 2.73 bits per heavy atom.